The Hall–Kier alpha value is -4.07. The van der Waals surface area contributed by atoms with Gasteiger partial charge in [0.1, 0.15) is 18.2 Å². The number of anilines is 2. The number of nitrogens with one attached hydrogen (secondary N) is 2. The van der Waals surface area contributed by atoms with Crippen LogP contribution in [0.2, 0.25) is 0 Å². The molecule has 2 aromatic carbocycles. The summed E-state index contributed by atoms with van der Waals surface area (Å²) >= 11 is 0. The maximum absolute atomic E-state index is 13.8. The quantitative estimate of drug-likeness (QED) is 0.509. The zero-order valence-electron chi connectivity index (χ0n) is 22.3. The van der Waals surface area contributed by atoms with E-state index in [1.165, 1.54) is 12.1 Å². The molecular formula is C31H31FN4O3. The fraction of sp³-hybridized carbons (Fsp3) is 0.355. The van der Waals surface area contributed by atoms with Crippen LogP contribution in [-0.2, 0) is 32.6 Å². The molecule has 0 saturated carbocycles. The lowest BCUT2D eigenvalue weighted by atomic mass is 9.78. The first-order chi connectivity index (χ1) is 18.6. The molecule has 0 radical (unpaired) electrons. The Morgan fingerprint density at radius 1 is 1.13 bits per heavy atom. The average molecular weight is 527 g/mol. The summed E-state index contributed by atoms with van der Waals surface area (Å²) in [6.07, 6.45) is 4.16. The minimum absolute atomic E-state index is 0.0497. The molecule has 3 aliphatic rings. The van der Waals surface area contributed by atoms with E-state index in [2.05, 4.69) is 15.6 Å². The Morgan fingerprint density at radius 2 is 1.92 bits per heavy atom. The van der Waals surface area contributed by atoms with Crippen LogP contribution in [0.4, 0.5) is 15.9 Å². The highest BCUT2D eigenvalue weighted by Crippen LogP contribution is 2.47. The molecule has 7 nitrogen and oxygen atoms in total. The van der Waals surface area contributed by atoms with Crippen LogP contribution < -0.4 is 10.6 Å². The number of halogens is 1. The van der Waals surface area contributed by atoms with Crippen LogP contribution in [0.15, 0.2) is 54.7 Å². The number of carbonyl (C=O) groups is 3. The molecule has 2 atom stereocenters. The summed E-state index contributed by atoms with van der Waals surface area (Å²) in [5, 5.41) is 5.88. The molecule has 0 bridgehead atoms. The molecule has 3 heterocycles. The summed E-state index contributed by atoms with van der Waals surface area (Å²) in [5.74, 6) is -0.147. The van der Waals surface area contributed by atoms with E-state index >= 15 is 0 Å². The maximum atomic E-state index is 13.8. The third-order valence-corrected chi connectivity index (χ3v) is 8.63. The van der Waals surface area contributed by atoms with Gasteiger partial charge in [-0.15, -0.1) is 0 Å². The summed E-state index contributed by atoms with van der Waals surface area (Å²) < 4.78 is 13.8. The van der Waals surface area contributed by atoms with E-state index in [4.69, 9.17) is 0 Å². The van der Waals surface area contributed by atoms with Crippen molar-refractivity contribution in [2.75, 3.05) is 17.2 Å². The number of fused-ring (bicyclic) bond motifs is 3. The fourth-order valence-corrected chi connectivity index (χ4v) is 6.51. The average Bonchev–Trinajstić information content (AvgIpc) is 3.40. The first-order valence-corrected chi connectivity index (χ1v) is 13.3. The van der Waals surface area contributed by atoms with Gasteiger partial charge in [-0.25, -0.2) is 9.37 Å². The Balaban J connectivity index is 1.22. The van der Waals surface area contributed by atoms with Crippen molar-refractivity contribution in [3.05, 3.63) is 88.4 Å². The van der Waals surface area contributed by atoms with Crippen LogP contribution in [0.1, 0.15) is 60.5 Å². The predicted octanol–water partition coefficient (Wildman–Crippen LogP) is 4.85. The number of likely N-dealkylation sites (tertiary alicyclic amines) is 1. The van der Waals surface area contributed by atoms with Gasteiger partial charge in [0, 0.05) is 22.9 Å². The predicted molar refractivity (Wildman–Crippen MR) is 146 cm³/mol. The normalized spacial score (nSPS) is 23.0. The van der Waals surface area contributed by atoms with Crippen molar-refractivity contribution in [3.8, 4) is 0 Å². The summed E-state index contributed by atoms with van der Waals surface area (Å²) in [6.45, 7) is 5.53. The van der Waals surface area contributed by atoms with Gasteiger partial charge in [-0.1, -0.05) is 32.0 Å². The Labute approximate surface area is 226 Å². The van der Waals surface area contributed by atoms with Crippen molar-refractivity contribution < 1.29 is 18.8 Å². The highest BCUT2D eigenvalue weighted by molar-refractivity contribution is 6.06. The van der Waals surface area contributed by atoms with E-state index < -0.39 is 10.8 Å². The molecule has 39 heavy (non-hydrogen) atoms. The van der Waals surface area contributed by atoms with Gasteiger partial charge in [-0.05, 0) is 85.2 Å². The van der Waals surface area contributed by atoms with Crippen LogP contribution in [-0.4, -0.2) is 34.2 Å². The lowest BCUT2D eigenvalue weighted by Gasteiger charge is -2.43. The highest BCUT2D eigenvalue weighted by atomic mass is 19.1. The SMILES string of the molecule is Cc1cc(F)ccc1[C@@H]1CCC(C)(C)C(=O)N1CC(=O)Nc1ccc2c(c1)C[C@@]1(C2)C(=O)Nc2ncccc21. The standard InChI is InChI=1S/C31H31FN4O3/c1-18-13-21(32)7-9-23(18)25-10-11-30(2,3)29(39)36(25)17-26(37)34-22-8-6-19-15-31(16-20(19)14-22)24-5-4-12-33-27(24)35-28(31)38/h4-9,12-14,25H,10-11,15-17H2,1-3H3,(H,34,37)(H,33,35,38)/t25-,31+/m0/s1. The minimum Gasteiger partial charge on any atom is -0.326 e. The lowest BCUT2D eigenvalue weighted by molar-refractivity contribution is -0.150. The van der Waals surface area contributed by atoms with Gasteiger partial charge in [0.05, 0.1) is 11.5 Å². The van der Waals surface area contributed by atoms with Gasteiger partial charge < -0.3 is 15.5 Å². The van der Waals surface area contributed by atoms with Crippen molar-refractivity contribution in [1.82, 2.24) is 9.88 Å². The third kappa shape index (κ3) is 4.18. The number of hydrogen-bond acceptors (Lipinski definition) is 4. The van der Waals surface area contributed by atoms with E-state index in [0.717, 1.165) is 27.8 Å². The van der Waals surface area contributed by atoms with Gasteiger partial charge in [0.25, 0.3) is 0 Å². The van der Waals surface area contributed by atoms with Gasteiger partial charge in [-0.3, -0.25) is 14.4 Å². The van der Waals surface area contributed by atoms with Crippen molar-refractivity contribution >= 4 is 29.2 Å². The molecule has 3 aromatic rings. The van der Waals surface area contributed by atoms with Crippen molar-refractivity contribution in [1.29, 1.82) is 0 Å². The number of aryl methyl sites for hydroxylation is 1. The third-order valence-electron chi connectivity index (χ3n) is 8.63. The number of nitrogens with zero attached hydrogens (tertiary/aromatic N) is 2. The minimum atomic E-state index is -0.680. The molecule has 2 aliphatic heterocycles. The number of rotatable bonds is 4. The van der Waals surface area contributed by atoms with E-state index in [1.54, 1.807) is 17.2 Å². The Kier molecular flexibility index (Phi) is 5.82. The Morgan fingerprint density at radius 3 is 2.72 bits per heavy atom. The monoisotopic (exact) mass is 526 g/mol. The molecule has 2 N–H and O–H groups in total. The highest BCUT2D eigenvalue weighted by Gasteiger charge is 2.51. The second-order valence-electron chi connectivity index (χ2n) is 11.7. The van der Waals surface area contributed by atoms with Crippen LogP contribution in [0.3, 0.4) is 0 Å². The van der Waals surface area contributed by atoms with Crippen LogP contribution in [0.5, 0.6) is 0 Å². The maximum Gasteiger partial charge on any atom is 0.244 e. The summed E-state index contributed by atoms with van der Waals surface area (Å²) in [5.41, 5.74) is 3.97. The smallest absolute Gasteiger partial charge is 0.244 e. The molecule has 0 unspecified atom stereocenters. The zero-order chi connectivity index (χ0) is 27.5. The number of benzene rings is 2. The number of amides is 3. The van der Waals surface area contributed by atoms with Crippen LogP contribution in [0.25, 0.3) is 0 Å². The molecule has 1 spiro atoms. The number of pyridine rings is 1. The number of hydrogen-bond donors (Lipinski definition) is 2. The molecular weight excluding hydrogens is 495 g/mol. The van der Waals surface area contributed by atoms with Crippen molar-refractivity contribution in [2.45, 2.75) is 57.9 Å². The van der Waals surface area contributed by atoms with Gasteiger partial charge >= 0.3 is 0 Å². The molecule has 6 rings (SSSR count). The van der Waals surface area contributed by atoms with Crippen LogP contribution in [0, 0.1) is 18.2 Å². The van der Waals surface area contributed by atoms with Gasteiger partial charge in [0.2, 0.25) is 17.7 Å². The largest absolute Gasteiger partial charge is 0.326 e. The number of aromatic nitrogens is 1. The fourth-order valence-electron chi connectivity index (χ4n) is 6.51. The molecule has 3 amide bonds. The number of piperidine rings is 1. The topological polar surface area (TPSA) is 91.4 Å². The zero-order valence-corrected chi connectivity index (χ0v) is 22.3. The molecule has 1 saturated heterocycles. The first kappa shape index (κ1) is 25.2. The second kappa shape index (κ2) is 9.00. The first-order valence-electron chi connectivity index (χ1n) is 13.3. The van der Waals surface area contributed by atoms with E-state index in [9.17, 15) is 18.8 Å². The summed E-state index contributed by atoms with van der Waals surface area (Å²) in [4.78, 5) is 45.7. The number of carbonyl (C=O) groups excluding carboxylic acids is 3. The summed E-state index contributed by atoms with van der Waals surface area (Å²) in [7, 11) is 0. The summed E-state index contributed by atoms with van der Waals surface area (Å²) in [6, 6.07) is 13.8. The van der Waals surface area contributed by atoms with E-state index in [0.29, 0.717) is 37.2 Å². The lowest BCUT2D eigenvalue weighted by Crippen LogP contribution is -2.50. The van der Waals surface area contributed by atoms with Crippen molar-refractivity contribution in [2.24, 2.45) is 5.41 Å². The van der Waals surface area contributed by atoms with Crippen molar-refractivity contribution in [3.63, 3.8) is 0 Å². The molecule has 1 aromatic heterocycles. The molecule has 200 valence electrons. The van der Waals surface area contributed by atoms with Crippen LogP contribution >= 0.6 is 0 Å². The second-order valence-corrected chi connectivity index (χ2v) is 11.7. The van der Waals surface area contributed by atoms with E-state index in [-0.39, 0.29) is 36.1 Å². The molecule has 8 heteroatoms. The van der Waals surface area contributed by atoms with Gasteiger partial charge in [0.15, 0.2) is 0 Å². The molecule has 1 fully saturated rings. The van der Waals surface area contributed by atoms with E-state index in [1.807, 2.05) is 51.1 Å². The Bertz CT molecular complexity index is 1530. The molecule has 1 aliphatic carbocycles. The van der Waals surface area contributed by atoms with Gasteiger partial charge in [-0.2, -0.15) is 0 Å².